The summed E-state index contributed by atoms with van der Waals surface area (Å²) in [5, 5.41) is 10.5. The van der Waals surface area contributed by atoms with Gasteiger partial charge in [0, 0.05) is 5.02 Å². The lowest BCUT2D eigenvalue weighted by atomic mass is 9.83. The summed E-state index contributed by atoms with van der Waals surface area (Å²) in [6.07, 6.45) is 0. The van der Waals surface area contributed by atoms with Crippen LogP contribution in [0.3, 0.4) is 0 Å². The number of esters is 1. The number of nitriles is 1. The zero-order chi connectivity index (χ0) is 24.8. The highest BCUT2D eigenvalue weighted by molar-refractivity contribution is 9.10. The molecule has 1 atom stereocenters. The molecule has 0 amide bonds. The summed E-state index contributed by atoms with van der Waals surface area (Å²) in [6.45, 7) is 6.01. The van der Waals surface area contributed by atoms with Gasteiger partial charge in [-0.1, -0.05) is 23.7 Å². The van der Waals surface area contributed by atoms with Gasteiger partial charge in [0.25, 0.3) is 0 Å². The summed E-state index contributed by atoms with van der Waals surface area (Å²) < 4.78 is 23.2. The summed E-state index contributed by atoms with van der Waals surface area (Å²) in [4.78, 5) is 12.8. The van der Waals surface area contributed by atoms with Crippen molar-refractivity contribution in [3.63, 3.8) is 0 Å². The van der Waals surface area contributed by atoms with Gasteiger partial charge in [-0.25, -0.2) is 4.79 Å². The number of rotatable bonds is 8. The fourth-order valence-corrected chi connectivity index (χ4v) is 4.28. The molecule has 1 aliphatic rings. The molecule has 0 aromatic heterocycles. The van der Waals surface area contributed by atoms with Crippen molar-refractivity contribution in [1.82, 2.24) is 0 Å². The Morgan fingerprint density at radius 3 is 2.53 bits per heavy atom. The van der Waals surface area contributed by atoms with Crippen molar-refractivity contribution in [2.24, 2.45) is 5.73 Å². The number of allylic oxidation sites excluding steroid dienone is 2. The van der Waals surface area contributed by atoms with Gasteiger partial charge in [0.15, 0.2) is 11.5 Å². The molecular formula is C25H24BrClN2O5. The Labute approximate surface area is 211 Å². The Hall–Kier alpha value is -3.15. The van der Waals surface area contributed by atoms with Crippen LogP contribution in [0.4, 0.5) is 0 Å². The van der Waals surface area contributed by atoms with Crippen LogP contribution in [0.2, 0.25) is 5.02 Å². The molecule has 0 radical (unpaired) electrons. The molecule has 2 aromatic carbocycles. The molecule has 9 heteroatoms. The van der Waals surface area contributed by atoms with Crippen molar-refractivity contribution < 1.29 is 23.7 Å². The van der Waals surface area contributed by atoms with E-state index in [2.05, 4.69) is 22.0 Å². The molecule has 0 bridgehead atoms. The van der Waals surface area contributed by atoms with E-state index in [9.17, 15) is 10.1 Å². The number of nitrogens with two attached hydrogens (primary N) is 1. The molecule has 0 fully saturated rings. The number of nitrogens with zero attached hydrogens (tertiary/aromatic N) is 1. The van der Waals surface area contributed by atoms with E-state index in [1.54, 1.807) is 38.1 Å². The van der Waals surface area contributed by atoms with Gasteiger partial charge in [-0.3, -0.25) is 0 Å². The molecule has 0 spiro atoms. The first-order valence-corrected chi connectivity index (χ1v) is 11.8. The van der Waals surface area contributed by atoms with Crippen LogP contribution in [-0.4, -0.2) is 19.2 Å². The van der Waals surface area contributed by atoms with Crippen LogP contribution in [-0.2, 0) is 20.9 Å². The number of carbonyl (C=O) groups is 1. The number of benzene rings is 2. The van der Waals surface area contributed by atoms with Gasteiger partial charge in [0.1, 0.15) is 24.0 Å². The van der Waals surface area contributed by atoms with Crippen LogP contribution in [0.25, 0.3) is 0 Å². The number of hydrogen-bond donors (Lipinski definition) is 1. The van der Waals surface area contributed by atoms with Crippen LogP contribution in [0.15, 0.2) is 63.7 Å². The minimum Gasteiger partial charge on any atom is -0.490 e. The van der Waals surface area contributed by atoms with E-state index in [4.69, 9.17) is 36.3 Å². The predicted molar refractivity (Wildman–Crippen MR) is 131 cm³/mol. The van der Waals surface area contributed by atoms with Crippen LogP contribution in [0.1, 0.15) is 37.8 Å². The summed E-state index contributed by atoms with van der Waals surface area (Å²) in [7, 11) is 0. The average molecular weight is 548 g/mol. The van der Waals surface area contributed by atoms with Gasteiger partial charge in [-0.05, 0) is 72.1 Å². The van der Waals surface area contributed by atoms with E-state index < -0.39 is 11.9 Å². The standard InChI is InChI=1S/C25H24BrClN2O5/c1-4-31-20-11-16(10-19(26)23(20)33-13-15-6-8-17(27)9-7-15)22-18(12-28)24(29)34-14(3)21(22)25(30)32-5-2/h6-11,22H,4-5,13,29H2,1-3H3. The highest BCUT2D eigenvalue weighted by Crippen LogP contribution is 2.45. The first kappa shape index (κ1) is 25.5. The summed E-state index contributed by atoms with van der Waals surface area (Å²) in [5.74, 6) is -0.223. The second-order valence-electron chi connectivity index (χ2n) is 7.29. The zero-order valence-corrected chi connectivity index (χ0v) is 21.3. The molecule has 0 saturated carbocycles. The number of halogens is 2. The van der Waals surface area contributed by atoms with Crippen LogP contribution in [0.5, 0.6) is 11.5 Å². The highest BCUT2D eigenvalue weighted by Gasteiger charge is 2.37. The first-order valence-electron chi connectivity index (χ1n) is 10.6. The summed E-state index contributed by atoms with van der Waals surface area (Å²) in [5.41, 5.74) is 7.84. The van der Waals surface area contributed by atoms with E-state index >= 15 is 0 Å². The van der Waals surface area contributed by atoms with Gasteiger partial charge in [0.05, 0.1) is 29.2 Å². The molecule has 0 saturated heterocycles. The Morgan fingerprint density at radius 1 is 1.21 bits per heavy atom. The molecule has 34 heavy (non-hydrogen) atoms. The zero-order valence-electron chi connectivity index (χ0n) is 19.0. The minimum absolute atomic E-state index is 0.0600. The maximum Gasteiger partial charge on any atom is 0.338 e. The second-order valence-corrected chi connectivity index (χ2v) is 8.58. The molecule has 1 aliphatic heterocycles. The molecule has 1 unspecified atom stereocenters. The summed E-state index contributed by atoms with van der Waals surface area (Å²) >= 11 is 9.52. The number of carbonyl (C=O) groups excluding carboxylic acids is 1. The average Bonchev–Trinajstić information content (AvgIpc) is 2.79. The van der Waals surface area contributed by atoms with Crippen LogP contribution < -0.4 is 15.2 Å². The molecular weight excluding hydrogens is 524 g/mol. The van der Waals surface area contributed by atoms with Crippen molar-refractivity contribution >= 4 is 33.5 Å². The van der Waals surface area contributed by atoms with E-state index in [1.165, 1.54) is 0 Å². The van der Waals surface area contributed by atoms with Crippen molar-refractivity contribution in [2.45, 2.75) is 33.3 Å². The number of ether oxygens (including phenoxy) is 4. The molecule has 3 rings (SSSR count). The normalized spacial score (nSPS) is 15.5. The third kappa shape index (κ3) is 5.49. The predicted octanol–water partition coefficient (Wildman–Crippen LogP) is 5.72. The van der Waals surface area contributed by atoms with Crippen molar-refractivity contribution in [3.8, 4) is 17.6 Å². The smallest absolute Gasteiger partial charge is 0.338 e. The van der Waals surface area contributed by atoms with Crippen LogP contribution >= 0.6 is 27.5 Å². The maximum absolute atomic E-state index is 12.8. The maximum atomic E-state index is 12.8. The Bertz CT molecular complexity index is 1190. The first-order chi connectivity index (χ1) is 16.3. The lowest BCUT2D eigenvalue weighted by molar-refractivity contribution is -0.139. The van der Waals surface area contributed by atoms with Gasteiger partial charge >= 0.3 is 5.97 Å². The van der Waals surface area contributed by atoms with E-state index in [0.717, 1.165) is 5.56 Å². The van der Waals surface area contributed by atoms with Gasteiger partial charge < -0.3 is 24.7 Å². The molecule has 2 aromatic rings. The largest absolute Gasteiger partial charge is 0.490 e. The van der Waals surface area contributed by atoms with Gasteiger partial charge in [-0.2, -0.15) is 5.26 Å². The molecule has 7 nitrogen and oxygen atoms in total. The fourth-order valence-electron chi connectivity index (χ4n) is 3.58. The monoisotopic (exact) mass is 546 g/mol. The lowest BCUT2D eigenvalue weighted by Gasteiger charge is -2.27. The van der Waals surface area contributed by atoms with Crippen molar-refractivity contribution in [2.75, 3.05) is 13.2 Å². The topological polar surface area (TPSA) is 104 Å². The van der Waals surface area contributed by atoms with E-state index in [-0.39, 0.29) is 36.0 Å². The Morgan fingerprint density at radius 2 is 1.91 bits per heavy atom. The molecule has 0 aliphatic carbocycles. The minimum atomic E-state index is -0.793. The van der Waals surface area contributed by atoms with Gasteiger partial charge in [0.2, 0.25) is 5.88 Å². The van der Waals surface area contributed by atoms with Crippen molar-refractivity contribution in [1.29, 1.82) is 5.26 Å². The fraction of sp³-hybridized carbons (Fsp3) is 0.280. The molecule has 178 valence electrons. The third-order valence-corrected chi connectivity index (χ3v) is 5.90. The molecule has 1 heterocycles. The van der Waals surface area contributed by atoms with Crippen LogP contribution in [0, 0.1) is 11.3 Å². The van der Waals surface area contributed by atoms with Gasteiger partial charge in [-0.15, -0.1) is 0 Å². The second kappa shape index (κ2) is 11.3. The molecule has 2 N–H and O–H groups in total. The Kier molecular flexibility index (Phi) is 8.48. The summed E-state index contributed by atoms with van der Waals surface area (Å²) in [6, 6.07) is 12.9. The van der Waals surface area contributed by atoms with E-state index in [1.807, 2.05) is 19.1 Å². The Balaban J connectivity index is 2.06. The number of hydrogen-bond acceptors (Lipinski definition) is 7. The highest BCUT2D eigenvalue weighted by atomic mass is 79.9. The SMILES string of the molecule is CCOC(=O)C1=C(C)OC(N)=C(C#N)C1c1cc(Br)c(OCc2ccc(Cl)cc2)c(OCC)c1. The lowest BCUT2D eigenvalue weighted by Crippen LogP contribution is -2.25. The van der Waals surface area contributed by atoms with E-state index in [0.29, 0.717) is 33.2 Å². The third-order valence-electron chi connectivity index (χ3n) is 5.06. The quantitative estimate of drug-likeness (QED) is 0.421. The van der Waals surface area contributed by atoms with Crippen molar-refractivity contribution in [3.05, 3.63) is 79.8 Å².